The average molecular weight is 359 g/mol. The fraction of sp³-hybridized carbons (Fsp3) is 0.474. The Kier molecular flexibility index (Phi) is 6.15. The molecular weight excluding hydrogens is 332 g/mol. The van der Waals surface area contributed by atoms with Crippen LogP contribution in [0.15, 0.2) is 24.3 Å². The van der Waals surface area contributed by atoms with Gasteiger partial charge in [-0.05, 0) is 38.4 Å². The van der Waals surface area contributed by atoms with Crippen LogP contribution in [0.1, 0.15) is 34.5 Å². The van der Waals surface area contributed by atoms with E-state index in [0.29, 0.717) is 12.3 Å². The Hall–Kier alpha value is -1.79. The van der Waals surface area contributed by atoms with Gasteiger partial charge in [-0.2, -0.15) is 5.10 Å². The largest absolute Gasteiger partial charge is 0.350 e. The molecule has 6 heteroatoms. The summed E-state index contributed by atoms with van der Waals surface area (Å²) in [5.74, 6) is 1.40. The number of aromatic nitrogens is 2. The summed E-state index contributed by atoms with van der Waals surface area (Å²) in [5, 5.41) is 10.9. The summed E-state index contributed by atoms with van der Waals surface area (Å²) in [4.78, 5) is 12.1. The number of hydrogen-bond donors (Lipinski definition) is 2. The molecule has 0 spiro atoms. The number of benzene rings is 1. The molecular formula is C19H26N4OS. The van der Waals surface area contributed by atoms with Gasteiger partial charge in [0.25, 0.3) is 0 Å². The SMILES string of the molecule is Cc1cc(C)cc(CSCC(=O)NCc2cc3n(n2)CCCNC3)c1. The minimum absolute atomic E-state index is 0.0655. The highest BCUT2D eigenvalue weighted by Crippen LogP contribution is 2.16. The lowest BCUT2D eigenvalue weighted by molar-refractivity contribution is -0.118. The lowest BCUT2D eigenvalue weighted by Crippen LogP contribution is -2.25. The van der Waals surface area contributed by atoms with Crippen molar-refractivity contribution in [1.82, 2.24) is 20.4 Å². The van der Waals surface area contributed by atoms with E-state index in [0.717, 1.165) is 37.5 Å². The number of nitrogens with zero attached hydrogens (tertiary/aromatic N) is 2. The molecule has 2 aromatic rings. The molecule has 2 heterocycles. The van der Waals surface area contributed by atoms with Crippen LogP contribution >= 0.6 is 11.8 Å². The van der Waals surface area contributed by atoms with Gasteiger partial charge in [-0.3, -0.25) is 9.48 Å². The Balaban J connectivity index is 1.42. The van der Waals surface area contributed by atoms with E-state index >= 15 is 0 Å². The number of carbonyl (C=O) groups excluding carboxylic acids is 1. The van der Waals surface area contributed by atoms with Gasteiger partial charge in [0.05, 0.1) is 23.7 Å². The number of hydrogen-bond acceptors (Lipinski definition) is 4. The van der Waals surface area contributed by atoms with E-state index in [2.05, 4.69) is 58.5 Å². The van der Waals surface area contributed by atoms with Crippen LogP contribution < -0.4 is 10.6 Å². The van der Waals surface area contributed by atoms with Crippen LogP contribution in [0.2, 0.25) is 0 Å². The molecule has 0 atom stereocenters. The second kappa shape index (κ2) is 8.54. The zero-order valence-electron chi connectivity index (χ0n) is 15.0. The minimum Gasteiger partial charge on any atom is -0.350 e. The molecule has 5 nitrogen and oxygen atoms in total. The first-order valence-corrected chi connectivity index (χ1v) is 9.93. The molecule has 1 aromatic carbocycles. The summed E-state index contributed by atoms with van der Waals surface area (Å²) in [7, 11) is 0. The molecule has 1 amide bonds. The van der Waals surface area contributed by atoms with E-state index < -0.39 is 0 Å². The third kappa shape index (κ3) is 5.34. The van der Waals surface area contributed by atoms with E-state index in [1.54, 1.807) is 11.8 Å². The number of rotatable bonds is 6. The number of thioether (sulfide) groups is 1. The molecule has 0 bridgehead atoms. The Bertz CT molecular complexity index is 697. The molecule has 0 radical (unpaired) electrons. The van der Waals surface area contributed by atoms with Crippen molar-refractivity contribution in [3.63, 3.8) is 0 Å². The van der Waals surface area contributed by atoms with Crippen LogP contribution in [0.25, 0.3) is 0 Å². The molecule has 2 N–H and O–H groups in total. The van der Waals surface area contributed by atoms with Crippen LogP contribution in [-0.2, 0) is 30.2 Å². The fourth-order valence-corrected chi connectivity index (χ4v) is 3.95. The van der Waals surface area contributed by atoms with Crippen molar-refractivity contribution >= 4 is 17.7 Å². The molecule has 0 saturated heterocycles. The number of fused-ring (bicyclic) bond motifs is 1. The topological polar surface area (TPSA) is 59.0 Å². The molecule has 1 aromatic heterocycles. The number of nitrogens with one attached hydrogen (secondary N) is 2. The Morgan fingerprint density at radius 2 is 2.08 bits per heavy atom. The number of carbonyl (C=O) groups is 1. The third-order valence-electron chi connectivity index (χ3n) is 4.19. The van der Waals surface area contributed by atoms with Crippen molar-refractivity contribution in [2.24, 2.45) is 0 Å². The molecule has 1 aliphatic heterocycles. The highest BCUT2D eigenvalue weighted by atomic mass is 32.2. The summed E-state index contributed by atoms with van der Waals surface area (Å²) in [6, 6.07) is 8.62. The van der Waals surface area contributed by atoms with Crippen molar-refractivity contribution in [2.45, 2.75) is 45.7 Å². The Morgan fingerprint density at radius 3 is 2.88 bits per heavy atom. The highest BCUT2D eigenvalue weighted by molar-refractivity contribution is 7.99. The smallest absolute Gasteiger partial charge is 0.230 e. The zero-order chi connectivity index (χ0) is 17.6. The van der Waals surface area contributed by atoms with Gasteiger partial charge in [0, 0.05) is 18.8 Å². The Morgan fingerprint density at radius 1 is 1.28 bits per heavy atom. The standard InChI is InChI=1S/C19H26N4OS/c1-14-6-15(2)8-16(7-14)12-25-13-19(24)21-10-17-9-18-11-20-4-3-5-23(18)22-17/h6-9,20H,3-5,10-13H2,1-2H3,(H,21,24). The molecule has 134 valence electrons. The van der Waals surface area contributed by atoms with Gasteiger partial charge in [0.1, 0.15) is 0 Å². The molecule has 1 aliphatic rings. The first kappa shape index (κ1) is 18.0. The van der Waals surface area contributed by atoms with Gasteiger partial charge in [-0.15, -0.1) is 11.8 Å². The van der Waals surface area contributed by atoms with Gasteiger partial charge in [0.2, 0.25) is 5.91 Å². The van der Waals surface area contributed by atoms with Crippen LogP contribution in [-0.4, -0.2) is 28.0 Å². The molecule has 0 fully saturated rings. The minimum atomic E-state index is 0.0655. The lowest BCUT2D eigenvalue weighted by atomic mass is 10.1. The summed E-state index contributed by atoms with van der Waals surface area (Å²) >= 11 is 1.65. The maximum Gasteiger partial charge on any atom is 0.230 e. The molecule has 0 aliphatic carbocycles. The molecule has 0 unspecified atom stereocenters. The van der Waals surface area contributed by atoms with E-state index in [4.69, 9.17) is 0 Å². The molecule has 0 saturated carbocycles. The van der Waals surface area contributed by atoms with Crippen molar-refractivity contribution in [3.05, 3.63) is 52.3 Å². The number of aryl methyl sites for hydroxylation is 3. The maximum atomic E-state index is 12.1. The van der Waals surface area contributed by atoms with E-state index in [9.17, 15) is 4.79 Å². The third-order valence-corrected chi connectivity index (χ3v) is 5.20. The average Bonchev–Trinajstić information content (AvgIpc) is 2.81. The number of amides is 1. The van der Waals surface area contributed by atoms with Crippen molar-refractivity contribution in [3.8, 4) is 0 Å². The van der Waals surface area contributed by atoms with Crippen molar-refractivity contribution in [2.75, 3.05) is 12.3 Å². The van der Waals surface area contributed by atoms with E-state index in [1.165, 1.54) is 22.4 Å². The molecule has 3 rings (SSSR count). The normalized spacial score (nSPS) is 14.0. The van der Waals surface area contributed by atoms with Crippen molar-refractivity contribution in [1.29, 1.82) is 0 Å². The van der Waals surface area contributed by atoms with Gasteiger partial charge < -0.3 is 10.6 Å². The van der Waals surface area contributed by atoms with E-state index in [1.807, 2.05) is 0 Å². The van der Waals surface area contributed by atoms with Crippen LogP contribution in [0, 0.1) is 13.8 Å². The van der Waals surface area contributed by atoms with Gasteiger partial charge >= 0.3 is 0 Å². The summed E-state index contributed by atoms with van der Waals surface area (Å²) < 4.78 is 2.05. The van der Waals surface area contributed by atoms with E-state index in [-0.39, 0.29) is 5.91 Å². The van der Waals surface area contributed by atoms with Gasteiger partial charge in [-0.1, -0.05) is 29.3 Å². The first-order chi connectivity index (χ1) is 12.1. The summed E-state index contributed by atoms with van der Waals surface area (Å²) in [5.41, 5.74) is 5.96. The van der Waals surface area contributed by atoms with Crippen LogP contribution in [0.5, 0.6) is 0 Å². The predicted octanol–water partition coefficient (Wildman–Crippen LogP) is 2.54. The van der Waals surface area contributed by atoms with Crippen molar-refractivity contribution < 1.29 is 4.79 Å². The quantitative estimate of drug-likeness (QED) is 0.833. The van der Waals surface area contributed by atoms with Crippen LogP contribution in [0.3, 0.4) is 0 Å². The summed E-state index contributed by atoms with van der Waals surface area (Å²) in [6.07, 6.45) is 1.09. The van der Waals surface area contributed by atoms with Gasteiger partial charge in [0.15, 0.2) is 0 Å². The predicted molar refractivity (Wildman–Crippen MR) is 102 cm³/mol. The van der Waals surface area contributed by atoms with Crippen LogP contribution in [0.4, 0.5) is 0 Å². The first-order valence-electron chi connectivity index (χ1n) is 8.78. The second-order valence-corrected chi connectivity index (χ2v) is 7.63. The lowest BCUT2D eigenvalue weighted by Gasteiger charge is -2.06. The fourth-order valence-electron chi connectivity index (χ4n) is 3.16. The Labute approximate surface area is 153 Å². The highest BCUT2D eigenvalue weighted by Gasteiger charge is 2.11. The van der Waals surface area contributed by atoms with Gasteiger partial charge in [-0.25, -0.2) is 0 Å². The zero-order valence-corrected chi connectivity index (χ0v) is 15.8. The maximum absolute atomic E-state index is 12.1. The summed E-state index contributed by atoms with van der Waals surface area (Å²) in [6.45, 7) is 7.55. The molecule has 25 heavy (non-hydrogen) atoms. The second-order valence-electron chi connectivity index (χ2n) is 6.65. The monoisotopic (exact) mass is 358 g/mol.